The number of amides is 1. The molecule has 4 nitrogen and oxygen atoms in total. The quantitative estimate of drug-likeness (QED) is 0.568. The molecule has 0 unspecified atom stereocenters. The van der Waals surface area contributed by atoms with E-state index < -0.39 is 0 Å². The first kappa shape index (κ1) is 8.01. The van der Waals surface area contributed by atoms with Crippen LogP contribution < -0.4 is 5.73 Å². The molecule has 2 N–H and O–H groups in total. The summed E-state index contributed by atoms with van der Waals surface area (Å²) in [6.07, 6.45) is 1.72. The van der Waals surface area contributed by atoms with Gasteiger partial charge in [-0.1, -0.05) is 0 Å². The molecule has 0 saturated carbocycles. The van der Waals surface area contributed by atoms with Crippen molar-refractivity contribution in [3.05, 3.63) is 0 Å². The third-order valence-corrected chi connectivity index (χ3v) is 2.43. The average molecular weight is 170 g/mol. The van der Waals surface area contributed by atoms with Gasteiger partial charge in [0, 0.05) is 25.7 Å². The van der Waals surface area contributed by atoms with Crippen LogP contribution in [0.25, 0.3) is 0 Å². The highest BCUT2D eigenvalue weighted by molar-refractivity contribution is 5.82. The maximum absolute atomic E-state index is 11.5. The molecule has 0 radical (unpaired) electrons. The van der Waals surface area contributed by atoms with Gasteiger partial charge in [0.05, 0.1) is 0 Å². The molecule has 4 heteroatoms. The van der Waals surface area contributed by atoms with Crippen LogP contribution in [0.2, 0.25) is 0 Å². The summed E-state index contributed by atoms with van der Waals surface area (Å²) in [6, 6.07) is 0.190. The minimum Gasteiger partial charge on any atom is -0.368 e. The Morgan fingerprint density at radius 3 is 2.75 bits per heavy atom. The zero-order valence-corrected chi connectivity index (χ0v) is 7.03. The average Bonchev–Trinajstić information content (AvgIpc) is 2.49. The third-order valence-electron chi connectivity index (χ3n) is 2.43. The van der Waals surface area contributed by atoms with Gasteiger partial charge in [-0.25, -0.2) is 0 Å². The smallest absolute Gasteiger partial charge is 0.251 e. The van der Waals surface area contributed by atoms with Crippen molar-refractivity contribution in [3.8, 4) is 0 Å². The highest BCUT2D eigenvalue weighted by atomic mass is 16.5. The fourth-order valence-electron chi connectivity index (χ4n) is 1.67. The lowest BCUT2D eigenvalue weighted by Crippen LogP contribution is -2.59. The summed E-state index contributed by atoms with van der Waals surface area (Å²) >= 11 is 0. The van der Waals surface area contributed by atoms with E-state index in [9.17, 15) is 4.79 Å². The van der Waals surface area contributed by atoms with Crippen LogP contribution in [0.4, 0.5) is 0 Å². The van der Waals surface area contributed by atoms with Crippen molar-refractivity contribution in [3.63, 3.8) is 0 Å². The Hall–Kier alpha value is -0.610. The first-order valence-corrected chi connectivity index (χ1v) is 4.43. The molecule has 2 fully saturated rings. The fourth-order valence-corrected chi connectivity index (χ4v) is 1.67. The van der Waals surface area contributed by atoms with Gasteiger partial charge in [0.1, 0.15) is 6.10 Å². The Kier molecular flexibility index (Phi) is 2.02. The van der Waals surface area contributed by atoms with Crippen LogP contribution in [0.5, 0.6) is 0 Å². The normalized spacial score (nSPS) is 30.4. The monoisotopic (exact) mass is 170 g/mol. The highest BCUT2D eigenvalue weighted by Crippen LogP contribution is 2.17. The minimum atomic E-state index is -0.169. The number of ether oxygens (including phenoxy) is 1. The van der Waals surface area contributed by atoms with Crippen molar-refractivity contribution in [1.82, 2.24) is 4.90 Å². The molecule has 0 spiro atoms. The number of hydrogen-bond acceptors (Lipinski definition) is 3. The Labute approximate surface area is 71.7 Å². The van der Waals surface area contributed by atoms with E-state index in [0.29, 0.717) is 13.1 Å². The number of nitrogens with two attached hydrogens (primary N) is 1. The number of likely N-dealkylation sites (tertiary alicyclic amines) is 1. The molecule has 0 aromatic rings. The minimum absolute atomic E-state index is 0.134. The van der Waals surface area contributed by atoms with Crippen LogP contribution in [0.15, 0.2) is 0 Å². The van der Waals surface area contributed by atoms with Gasteiger partial charge in [-0.2, -0.15) is 0 Å². The number of carbonyl (C=O) groups is 1. The Bertz CT molecular complexity index is 183. The fraction of sp³-hybridized carbons (Fsp3) is 0.875. The highest BCUT2D eigenvalue weighted by Gasteiger charge is 2.34. The topological polar surface area (TPSA) is 55.6 Å². The van der Waals surface area contributed by atoms with Gasteiger partial charge in [0.2, 0.25) is 0 Å². The number of rotatable bonds is 1. The second kappa shape index (κ2) is 3.03. The largest absolute Gasteiger partial charge is 0.368 e. The summed E-state index contributed by atoms with van der Waals surface area (Å²) in [5.41, 5.74) is 5.57. The molecule has 12 heavy (non-hydrogen) atoms. The predicted octanol–water partition coefficient (Wildman–Crippen LogP) is -0.665. The molecular weight excluding hydrogens is 156 g/mol. The predicted molar refractivity (Wildman–Crippen MR) is 43.5 cm³/mol. The van der Waals surface area contributed by atoms with Crippen LogP contribution >= 0.6 is 0 Å². The first-order valence-electron chi connectivity index (χ1n) is 4.43. The van der Waals surface area contributed by atoms with E-state index in [2.05, 4.69) is 0 Å². The van der Waals surface area contributed by atoms with Crippen molar-refractivity contribution in [1.29, 1.82) is 0 Å². The third kappa shape index (κ3) is 1.32. The molecule has 2 aliphatic heterocycles. The molecule has 1 atom stereocenters. The van der Waals surface area contributed by atoms with Crippen LogP contribution in [-0.4, -0.2) is 42.6 Å². The van der Waals surface area contributed by atoms with Crippen molar-refractivity contribution >= 4 is 5.91 Å². The molecule has 2 rings (SSSR count). The van der Waals surface area contributed by atoms with Crippen LogP contribution in [0.3, 0.4) is 0 Å². The number of carbonyl (C=O) groups excluding carboxylic acids is 1. The van der Waals surface area contributed by atoms with Gasteiger partial charge in [-0.05, 0) is 12.8 Å². The van der Waals surface area contributed by atoms with Crippen molar-refractivity contribution in [2.75, 3.05) is 19.7 Å². The maximum atomic E-state index is 11.5. The Balaban J connectivity index is 1.83. The molecule has 1 amide bonds. The van der Waals surface area contributed by atoms with Gasteiger partial charge in [0.15, 0.2) is 0 Å². The zero-order chi connectivity index (χ0) is 8.55. The standard InChI is InChI=1S/C8H14N2O2/c9-6-4-10(5-6)8(11)7-2-1-3-12-7/h6-7H,1-5,9H2/t7-/m1/s1. The van der Waals surface area contributed by atoms with Gasteiger partial charge in [-0.3, -0.25) is 4.79 Å². The van der Waals surface area contributed by atoms with E-state index in [1.807, 2.05) is 0 Å². The number of hydrogen-bond donors (Lipinski definition) is 1. The lowest BCUT2D eigenvalue weighted by atomic mass is 10.1. The van der Waals surface area contributed by atoms with Gasteiger partial charge in [-0.15, -0.1) is 0 Å². The molecular formula is C8H14N2O2. The lowest BCUT2D eigenvalue weighted by molar-refractivity contribution is -0.145. The molecule has 0 aliphatic carbocycles. The molecule has 0 aromatic heterocycles. The molecule has 0 aromatic carbocycles. The molecule has 68 valence electrons. The van der Waals surface area contributed by atoms with Gasteiger partial charge in [0.25, 0.3) is 5.91 Å². The second-order valence-electron chi connectivity index (χ2n) is 3.50. The Morgan fingerprint density at radius 2 is 2.25 bits per heavy atom. The summed E-state index contributed by atoms with van der Waals surface area (Å²) in [7, 11) is 0. The summed E-state index contributed by atoms with van der Waals surface area (Å²) in [5, 5.41) is 0. The summed E-state index contributed by atoms with van der Waals surface area (Å²) in [4.78, 5) is 13.3. The van der Waals surface area contributed by atoms with Gasteiger partial charge >= 0.3 is 0 Å². The molecule has 0 bridgehead atoms. The second-order valence-corrected chi connectivity index (χ2v) is 3.50. The van der Waals surface area contributed by atoms with Crippen LogP contribution in [0, 0.1) is 0 Å². The molecule has 2 saturated heterocycles. The van der Waals surface area contributed by atoms with Crippen molar-refractivity contribution < 1.29 is 9.53 Å². The van der Waals surface area contributed by atoms with E-state index in [4.69, 9.17) is 10.5 Å². The van der Waals surface area contributed by atoms with E-state index in [1.54, 1.807) is 4.90 Å². The van der Waals surface area contributed by atoms with E-state index in [0.717, 1.165) is 19.4 Å². The van der Waals surface area contributed by atoms with Gasteiger partial charge < -0.3 is 15.4 Å². The SMILES string of the molecule is NC1CN(C(=O)[C@H]2CCCO2)C1. The van der Waals surface area contributed by atoms with Crippen LogP contribution in [0.1, 0.15) is 12.8 Å². The van der Waals surface area contributed by atoms with E-state index >= 15 is 0 Å². The summed E-state index contributed by atoms with van der Waals surface area (Å²) < 4.78 is 5.27. The maximum Gasteiger partial charge on any atom is 0.251 e. The zero-order valence-electron chi connectivity index (χ0n) is 7.03. The summed E-state index contributed by atoms with van der Waals surface area (Å²) in [6.45, 7) is 2.15. The summed E-state index contributed by atoms with van der Waals surface area (Å²) in [5.74, 6) is 0.134. The van der Waals surface area contributed by atoms with E-state index in [-0.39, 0.29) is 18.1 Å². The number of nitrogens with zero attached hydrogens (tertiary/aromatic N) is 1. The Morgan fingerprint density at radius 1 is 1.50 bits per heavy atom. The first-order chi connectivity index (χ1) is 5.77. The van der Waals surface area contributed by atoms with Crippen LogP contribution in [-0.2, 0) is 9.53 Å². The van der Waals surface area contributed by atoms with Crippen molar-refractivity contribution in [2.24, 2.45) is 5.73 Å². The molecule has 2 heterocycles. The lowest BCUT2D eigenvalue weighted by Gasteiger charge is -2.38. The van der Waals surface area contributed by atoms with E-state index in [1.165, 1.54) is 0 Å². The van der Waals surface area contributed by atoms with Crippen molar-refractivity contribution in [2.45, 2.75) is 25.0 Å². The molecule has 2 aliphatic rings.